The fourth-order valence-corrected chi connectivity index (χ4v) is 10.9. The number of nitrogens with one attached hydrogen (secondary N) is 2. The summed E-state index contributed by atoms with van der Waals surface area (Å²) in [5, 5.41) is 8.24. The molecule has 0 radical (unpaired) electrons. The Bertz CT molecular complexity index is 2350. The molecule has 6 heterocycles. The van der Waals surface area contributed by atoms with Gasteiger partial charge in [-0.1, -0.05) is 33.8 Å². The molecule has 0 saturated carbocycles. The van der Waals surface area contributed by atoms with Crippen molar-refractivity contribution in [2.24, 2.45) is 11.3 Å². The van der Waals surface area contributed by atoms with E-state index in [0.29, 0.717) is 37.4 Å². The van der Waals surface area contributed by atoms with E-state index in [4.69, 9.17) is 19.4 Å². The Kier molecular flexibility index (Phi) is 14.2. The molecule has 6 bridgehead atoms. The minimum atomic E-state index is -1.05. The Labute approximate surface area is 381 Å². The number of amides is 4. The molecule has 64 heavy (non-hydrogen) atoms. The second-order valence-electron chi connectivity index (χ2n) is 19.2. The Morgan fingerprint density at radius 2 is 1.86 bits per heavy atom. The molecule has 0 aliphatic carbocycles. The van der Waals surface area contributed by atoms with Crippen molar-refractivity contribution in [1.82, 2.24) is 45.0 Å². The third-order valence-electron chi connectivity index (χ3n) is 13.1. The molecular weight excluding hydrogens is 831 g/mol. The van der Waals surface area contributed by atoms with Gasteiger partial charge < -0.3 is 34.1 Å². The van der Waals surface area contributed by atoms with Gasteiger partial charge in [-0.05, 0) is 89.8 Å². The number of hydrogen-bond acceptors (Lipinski definition) is 11. The lowest BCUT2D eigenvalue weighted by atomic mass is 9.84. The third-order valence-corrected chi connectivity index (χ3v) is 14.0. The lowest BCUT2D eigenvalue weighted by molar-refractivity contribution is -0.155. The van der Waals surface area contributed by atoms with Crippen LogP contribution in [0.5, 0.6) is 0 Å². The highest BCUT2D eigenvalue weighted by Crippen LogP contribution is 2.42. The Hall–Kier alpha value is -4.90. The number of rotatable bonds is 8. The van der Waals surface area contributed by atoms with E-state index in [1.165, 1.54) is 21.2 Å². The van der Waals surface area contributed by atoms with Crippen LogP contribution in [0.25, 0.3) is 33.4 Å². The van der Waals surface area contributed by atoms with Crippen molar-refractivity contribution in [1.29, 1.82) is 0 Å². The maximum absolute atomic E-state index is 14.6. The molecule has 2 fully saturated rings. The number of cyclic esters (lactones) is 1. The molecule has 7 rings (SSSR count). The molecule has 346 valence electrons. The van der Waals surface area contributed by atoms with E-state index in [9.17, 15) is 19.2 Å². The number of methoxy groups -OCH3 is 1. The molecule has 3 aliphatic rings. The molecule has 3 aliphatic heterocycles. The van der Waals surface area contributed by atoms with Crippen LogP contribution in [0.15, 0.2) is 41.9 Å². The normalized spacial score (nSPS) is 23.1. The van der Waals surface area contributed by atoms with Crippen LogP contribution in [-0.4, -0.2) is 136 Å². The molecule has 1 aromatic carbocycles. The summed E-state index contributed by atoms with van der Waals surface area (Å²) >= 11 is 1.43. The molecule has 2 N–H and O–H groups in total. The second kappa shape index (κ2) is 19.3. The highest BCUT2D eigenvalue weighted by atomic mass is 32.1. The molecule has 0 spiro atoms. The molecule has 3 aromatic heterocycles. The van der Waals surface area contributed by atoms with Crippen molar-refractivity contribution in [3.05, 3.63) is 58.2 Å². The van der Waals surface area contributed by atoms with Gasteiger partial charge in [-0.15, -0.1) is 11.3 Å². The first-order valence-corrected chi connectivity index (χ1v) is 23.7. The summed E-state index contributed by atoms with van der Waals surface area (Å²) < 4.78 is 14.3. The molecule has 16 heteroatoms. The fraction of sp³-hybridized carbons (Fsp3) is 0.583. The zero-order valence-corrected chi connectivity index (χ0v) is 40.3. The van der Waals surface area contributed by atoms with Crippen LogP contribution in [0.3, 0.4) is 0 Å². The van der Waals surface area contributed by atoms with Gasteiger partial charge in [-0.3, -0.25) is 24.4 Å². The second-order valence-corrected chi connectivity index (χ2v) is 20.1. The van der Waals surface area contributed by atoms with Crippen LogP contribution < -0.4 is 10.7 Å². The van der Waals surface area contributed by atoms with Gasteiger partial charge >= 0.3 is 12.0 Å². The van der Waals surface area contributed by atoms with E-state index < -0.39 is 35.4 Å². The quantitative estimate of drug-likeness (QED) is 0.193. The van der Waals surface area contributed by atoms with Crippen LogP contribution in [0, 0.1) is 11.3 Å². The van der Waals surface area contributed by atoms with Crippen LogP contribution >= 0.6 is 11.3 Å². The molecule has 6 atom stereocenters. The summed E-state index contributed by atoms with van der Waals surface area (Å²) in [4.78, 5) is 72.7. The topological polar surface area (TPSA) is 154 Å². The average molecular weight is 898 g/mol. The number of likely N-dealkylation sites (N-methyl/N-ethyl adjacent to an activating group) is 2. The summed E-state index contributed by atoms with van der Waals surface area (Å²) in [5.41, 5.74) is 9.40. The van der Waals surface area contributed by atoms with E-state index in [1.807, 2.05) is 58.0 Å². The summed E-state index contributed by atoms with van der Waals surface area (Å²) in [5.74, 6) is -1.52. The molecule has 4 aromatic rings. The van der Waals surface area contributed by atoms with Gasteiger partial charge in [0.15, 0.2) is 0 Å². The van der Waals surface area contributed by atoms with Crippen LogP contribution in [0.4, 0.5) is 4.79 Å². The monoisotopic (exact) mass is 897 g/mol. The van der Waals surface area contributed by atoms with Crippen LogP contribution in [-0.2, 0) is 43.2 Å². The number of carbonyl (C=O) groups excluding carboxylic acids is 4. The van der Waals surface area contributed by atoms with Gasteiger partial charge in [-0.2, -0.15) is 0 Å². The maximum Gasteiger partial charge on any atom is 0.324 e. The van der Waals surface area contributed by atoms with Crippen molar-refractivity contribution >= 4 is 46.1 Å². The Morgan fingerprint density at radius 1 is 1.12 bits per heavy atom. The van der Waals surface area contributed by atoms with Crippen LogP contribution in [0.1, 0.15) is 90.6 Å². The number of piperazine rings is 1. The van der Waals surface area contributed by atoms with Crippen molar-refractivity contribution in [3.8, 4) is 22.5 Å². The van der Waals surface area contributed by atoms with Gasteiger partial charge in [0, 0.05) is 97.9 Å². The van der Waals surface area contributed by atoms with E-state index in [0.717, 1.165) is 57.8 Å². The van der Waals surface area contributed by atoms with Gasteiger partial charge in [0.2, 0.25) is 5.91 Å². The predicted octanol–water partition coefficient (Wildman–Crippen LogP) is 6.30. The average Bonchev–Trinajstić information content (AvgIpc) is 3.85. The highest BCUT2D eigenvalue weighted by molar-refractivity contribution is 7.10. The zero-order chi connectivity index (χ0) is 46.2. The number of esters is 1. The standard InChI is InChI=1S/C48H67N9O6S/c1-12-55-39-18-17-32-21-34(39)35(43(55)33-15-13-19-49-41(33)31(6)62-11)23-48(7,8)27-63-46(60)36-16-14-20-56(52-36)45(59)37(22-40-50-38(32)26-64-40)51-44(58)42(28(2)3)54(10)47(61)57-29(4)24-53(9)25-30(57)5/h13,15,17-19,21,26,28-31,36-37,42,52H,12,14,16,20,22-25,27H2,1-11H3,(H,51,58)/t29-,30+,31-,36-,37-,42?/m0/s1. The number of ether oxygens (including phenoxy) is 2. The largest absolute Gasteiger partial charge is 0.464 e. The number of nitrogens with zero attached hydrogens (tertiary/aromatic N) is 7. The maximum atomic E-state index is 14.6. The smallest absolute Gasteiger partial charge is 0.324 e. The van der Waals surface area contributed by atoms with Gasteiger partial charge in [0.05, 0.1) is 34.8 Å². The first kappa shape index (κ1) is 47.1. The number of hydrazine groups is 1. The molecule has 4 amide bonds. The zero-order valence-electron chi connectivity index (χ0n) is 39.4. The number of carbonyl (C=O) groups is 4. The number of urea groups is 1. The first-order chi connectivity index (χ1) is 30.4. The van der Waals surface area contributed by atoms with Crippen molar-refractivity contribution in [2.75, 3.05) is 47.4 Å². The van der Waals surface area contributed by atoms with Crippen molar-refractivity contribution in [3.63, 3.8) is 0 Å². The first-order valence-electron chi connectivity index (χ1n) is 22.8. The lowest BCUT2D eigenvalue weighted by Gasteiger charge is -2.46. The van der Waals surface area contributed by atoms with E-state index >= 15 is 0 Å². The summed E-state index contributed by atoms with van der Waals surface area (Å²) in [6.07, 6.45) is 3.30. The molecule has 2 saturated heterocycles. The number of aromatic nitrogens is 3. The number of fused-ring (bicyclic) bond motifs is 6. The van der Waals surface area contributed by atoms with E-state index in [2.05, 4.69) is 65.2 Å². The number of aryl methyl sites for hydroxylation is 1. The SMILES string of the molecule is CCn1c(-c2cccnc2[C@H](C)OC)c2c3cc(ccc31)-c1csc(n1)C[C@H](NC(=O)C(C(C)C)N(C)C(=O)N1[C@H](C)CN(C)C[C@@H]1C)C(=O)N1CCC[C@H](N1)C(=O)OCC(C)(C)C2. The summed E-state index contributed by atoms with van der Waals surface area (Å²) in [7, 11) is 5.41. The minimum absolute atomic E-state index is 0.0439. The number of pyridine rings is 1. The Morgan fingerprint density at radius 3 is 2.55 bits per heavy atom. The van der Waals surface area contributed by atoms with E-state index in [-0.39, 0.29) is 49.1 Å². The number of thiazole rings is 1. The fourth-order valence-electron chi connectivity index (χ4n) is 10.0. The number of benzene rings is 1. The molecular formula is C48H67N9O6S. The highest BCUT2D eigenvalue weighted by Gasteiger charge is 2.41. The minimum Gasteiger partial charge on any atom is -0.464 e. The van der Waals surface area contributed by atoms with Crippen molar-refractivity contribution < 1.29 is 28.7 Å². The van der Waals surface area contributed by atoms with E-state index in [1.54, 1.807) is 20.4 Å². The molecule has 15 nitrogen and oxygen atoms in total. The van der Waals surface area contributed by atoms with Crippen LogP contribution in [0.2, 0.25) is 0 Å². The lowest BCUT2D eigenvalue weighted by Crippen LogP contribution is -2.64. The third kappa shape index (κ3) is 9.56. The predicted molar refractivity (Wildman–Crippen MR) is 249 cm³/mol. The molecule has 1 unspecified atom stereocenters. The summed E-state index contributed by atoms with van der Waals surface area (Å²) in [6, 6.07) is 7.49. The number of hydrogen-bond donors (Lipinski definition) is 2. The van der Waals surface area contributed by atoms with Gasteiger partial charge in [-0.25, -0.2) is 15.2 Å². The van der Waals surface area contributed by atoms with Gasteiger partial charge in [0.25, 0.3) is 5.91 Å². The van der Waals surface area contributed by atoms with Gasteiger partial charge in [0.1, 0.15) is 18.1 Å². The van der Waals surface area contributed by atoms with Crippen molar-refractivity contribution in [2.45, 2.75) is 124 Å². The Balaban J connectivity index is 1.28. The summed E-state index contributed by atoms with van der Waals surface area (Å²) in [6.45, 7) is 18.9.